The first kappa shape index (κ1) is 22.9. The molecule has 0 bridgehead atoms. The lowest BCUT2D eigenvalue weighted by molar-refractivity contribution is 0.0218. The summed E-state index contributed by atoms with van der Waals surface area (Å²) in [6, 6.07) is 12.8. The molecule has 1 saturated heterocycles. The fraction of sp³-hybridized carbons (Fsp3) is 0.280. The maximum Gasteiger partial charge on any atom is 0.258 e. The fourth-order valence-corrected chi connectivity index (χ4v) is 4.17. The molecule has 2 aromatic heterocycles. The smallest absolute Gasteiger partial charge is 0.258 e. The summed E-state index contributed by atoms with van der Waals surface area (Å²) in [5.41, 5.74) is 2.10. The highest BCUT2D eigenvalue weighted by Crippen LogP contribution is 2.21. The summed E-state index contributed by atoms with van der Waals surface area (Å²) >= 11 is 0. The number of carbonyl (C=O) groups excluding carboxylic acids is 1. The Kier molecular flexibility index (Phi) is 6.39. The van der Waals surface area contributed by atoms with E-state index in [4.69, 9.17) is 9.47 Å². The molecule has 0 unspecified atom stereocenters. The van der Waals surface area contributed by atoms with E-state index in [2.05, 4.69) is 15.3 Å². The Balaban J connectivity index is 1.30. The van der Waals surface area contributed by atoms with Crippen molar-refractivity contribution < 1.29 is 18.7 Å². The Morgan fingerprint density at radius 1 is 1.17 bits per heavy atom. The third kappa shape index (κ3) is 4.84. The van der Waals surface area contributed by atoms with E-state index in [0.29, 0.717) is 54.2 Å². The van der Waals surface area contributed by atoms with E-state index < -0.39 is 5.82 Å². The van der Waals surface area contributed by atoms with Gasteiger partial charge >= 0.3 is 0 Å². The number of amides is 1. The van der Waals surface area contributed by atoms with Crippen molar-refractivity contribution >= 4 is 16.8 Å². The molecule has 1 atom stereocenters. The van der Waals surface area contributed by atoms with E-state index in [9.17, 15) is 14.0 Å². The largest absolute Gasteiger partial charge is 0.382 e. The van der Waals surface area contributed by atoms with Crippen LogP contribution in [0.2, 0.25) is 0 Å². The van der Waals surface area contributed by atoms with Crippen molar-refractivity contribution in [2.45, 2.75) is 12.5 Å². The highest BCUT2D eigenvalue weighted by molar-refractivity contribution is 5.94. The highest BCUT2D eigenvalue weighted by Gasteiger charge is 2.27. The number of aromatic amines is 1. The maximum absolute atomic E-state index is 13.6. The molecule has 0 aliphatic carbocycles. The predicted molar refractivity (Wildman–Crippen MR) is 127 cm³/mol. The van der Waals surface area contributed by atoms with Gasteiger partial charge < -0.3 is 19.4 Å². The minimum absolute atomic E-state index is 0.0247. The first-order valence-corrected chi connectivity index (χ1v) is 11.3. The van der Waals surface area contributed by atoms with E-state index in [1.54, 1.807) is 48.5 Å². The molecule has 5 rings (SSSR count). The number of halogens is 1. The first-order valence-electron chi connectivity index (χ1n) is 11.3. The number of benzene rings is 2. The fourth-order valence-electron chi connectivity index (χ4n) is 4.17. The number of likely N-dealkylation sites (tertiary alicyclic amines) is 1. The number of rotatable bonds is 7. The van der Waals surface area contributed by atoms with Gasteiger partial charge in [-0.15, -0.1) is 5.10 Å². The number of nitrogens with one attached hydrogen (secondary N) is 1. The van der Waals surface area contributed by atoms with E-state index >= 15 is 0 Å². The van der Waals surface area contributed by atoms with E-state index in [1.165, 1.54) is 22.9 Å². The van der Waals surface area contributed by atoms with Gasteiger partial charge in [-0.05, 0) is 55.0 Å². The van der Waals surface area contributed by atoms with Crippen LogP contribution in [0, 0.1) is 5.82 Å². The van der Waals surface area contributed by atoms with E-state index in [0.717, 1.165) is 6.42 Å². The second kappa shape index (κ2) is 9.77. The summed E-state index contributed by atoms with van der Waals surface area (Å²) in [6.07, 6.45) is 2.45. The lowest BCUT2D eigenvalue weighted by Gasteiger charge is -2.17. The molecule has 0 spiro atoms. The molecule has 0 saturated carbocycles. The summed E-state index contributed by atoms with van der Waals surface area (Å²) < 4.78 is 25.9. The van der Waals surface area contributed by atoms with Crippen LogP contribution in [0.4, 0.5) is 4.39 Å². The van der Waals surface area contributed by atoms with Gasteiger partial charge in [-0.25, -0.2) is 9.07 Å². The average molecular weight is 477 g/mol. The number of H-pyrrole nitrogens is 1. The van der Waals surface area contributed by atoms with Crippen LogP contribution in [-0.4, -0.2) is 70.3 Å². The van der Waals surface area contributed by atoms with Crippen LogP contribution in [0.3, 0.4) is 0 Å². The molecule has 180 valence electrons. The number of fused-ring (bicyclic) bond motifs is 1. The summed E-state index contributed by atoms with van der Waals surface area (Å²) in [5.74, 6) is -0.444. The number of ether oxygens (including phenoxy) is 2. The maximum atomic E-state index is 13.6. The van der Waals surface area contributed by atoms with Crippen molar-refractivity contribution in [3.05, 3.63) is 76.5 Å². The Labute approximate surface area is 200 Å². The van der Waals surface area contributed by atoms with Gasteiger partial charge in [0.05, 0.1) is 36.8 Å². The molecule has 1 aliphatic rings. The van der Waals surface area contributed by atoms with Crippen LogP contribution in [-0.2, 0) is 9.47 Å². The molecule has 1 N–H and O–H groups in total. The lowest BCUT2D eigenvalue weighted by Crippen LogP contribution is -2.30. The van der Waals surface area contributed by atoms with Crippen molar-refractivity contribution in [2.75, 3.05) is 33.4 Å². The van der Waals surface area contributed by atoms with Gasteiger partial charge in [0.1, 0.15) is 11.5 Å². The molecule has 2 aromatic carbocycles. The lowest BCUT2D eigenvalue weighted by atomic mass is 10.1. The van der Waals surface area contributed by atoms with Gasteiger partial charge in [-0.3, -0.25) is 9.59 Å². The zero-order valence-electron chi connectivity index (χ0n) is 19.1. The zero-order chi connectivity index (χ0) is 24.4. The van der Waals surface area contributed by atoms with Gasteiger partial charge in [-0.1, -0.05) is 5.21 Å². The van der Waals surface area contributed by atoms with Crippen LogP contribution in [0.1, 0.15) is 16.8 Å². The van der Waals surface area contributed by atoms with E-state index in [-0.39, 0.29) is 23.1 Å². The molecule has 3 heterocycles. The quantitative estimate of drug-likeness (QED) is 0.411. The van der Waals surface area contributed by atoms with Crippen LogP contribution in [0.25, 0.3) is 27.8 Å². The summed E-state index contributed by atoms with van der Waals surface area (Å²) in [4.78, 5) is 29.9. The summed E-state index contributed by atoms with van der Waals surface area (Å²) in [7, 11) is 1.63. The normalized spacial score (nSPS) is 15.7. The molecular weight excluding hydrogens is 453 g/mol. The molecule has 35 heavy (non-hydrogen) atoms. The molecule has 9 nitrogen and oxygen atoms in total. The highest BCUT2D eigenvalue weighted by atomic mass is 19.1. The van der Waals surface area contributed by atoms with Crippen LogP contribution in [0.15, 0.2) is 59.5 Å². The van der Waals surface area contributed by atoms with Gasteiger partial charge in [0.25, 0.3) is 11.5 Å². The van der Waals surface area contributed by atoms with Crippen LogP contribution >= 0.6 is 0 Å². The number of aromatic nitrogens is 4. The van der Waals surface area contributed by atoms with E-state index in [1.807, 2.05) is 0 Å². The second-order valence-electron chi connectivity index (χ2n) is 8.36. The van der Waals surface area contributed by atoms with Gasteiger partial charge in [0.2, 0.25) is 0 Å². The Morgan fingerprint density at radius 2 is 2.00 bits per heavy atom. The van der Waals surface area contributed by atoms with Crippen molar-refractivity contribution in [1.29, 1.82) is 0 Å². The number of nitrogens with zero attached hydrogens (tertiary/aromatic N) is 4. The third-order valence-electron chi connectivity index (χ3n) is 6.03. The number of hydrogen-bond donors (Lipinski definition) is 1. The number of pyridine rings is 1. The van der Waals surface area contributed by atoms with Crippen molar-refractivity contribution in [3.8, 4) is 16.9 Å². The van der Waals surface area contributed by atoms with Crippen LogP contribution in [0.5, 0.6) is 0 Å². The zero-order valence-corrected chi connectivity index (χ0v) is 19.1. The topological polar surface area (TPSA) is 102 Å². The minimum Gasteiger partial charge on any atom is -0.382 e. The minimum atomic E-state index is -0.392. The first-order chi connectivity index (χ1) is 17.0. The molecule has 10 heteroatoms. The van der Waals surface area contributed by atoms with Crippen molar-refractivity contribution in [3.63, 3.8) is 0 Å². The molecule has 0 radical (unpaired) electrons. The second-order valence-corrected chi connectivity index (χ2v) is 8.36. The van der Waals surface area contributed by atoms with Gasteiger partial charge in [0, 0.05) is 36.7 Å². The third-order valence-corrected chi connectivity index (χ3v) is 6.03. The number of methoxy groups -OCH3 is 1. The summed E-state index contributed by atoms with van der Waals surface area (Å²) in [6.45, 7) is 2.25. The molecule has 1 fully saturated rings. The monoisotopic (exact) mass is 477 g/mol. The predicted octanol–water partition coefficient (Wildman–Crippen LogP) is 2.79. The molecule has 1 amide bonds. The number of hydrogen-bond acceptors (Lipinski definition) is 6. The van der Waals surface area contributed by atoms with Crippen LogP contribution < -0.4 is 5.56 Å². The number of carbonyl (C=O) groups is 1. The Bertz CT molecular complexity index is 1420. The standard InChI is InChI=1S/C25H24FN5O4/c1-34-10-11-35-20-8-9-30(14-20)25(33)16-2-5-19(6-3-16)31-15-23(28-29-31)21-13-17-12-18(26)4-7-22(17)27-24(21)32/h2-7,12-13,15,20H,8-11,14H2,1H3,(H,27,32)/t20-/m1/s1. The Hall–Kier alpha value is -3.89. The van der Waals surface area contributed by atoms with Gasteiger partial charge in [0.15, 0.2) is 0 Å². The molecule has 4 aromatic rings. The average Bonchev–Trinajstić information content (AvgIpc) is 3.54. The molecule has 1 aliphatic heterocycles. The Morgan fingerprint density at radius 3 is 2.80 bits per heavy atom. The summed E-state index contributed by atoms with van der Waals surface area (Å²) in [5, 5.41) is 8.79. The van der Waals surface area contributed by atoms with Crippen molar-refractivity contribution in [2.24, 2.45) is 0 Å². The SMILES string of the molecule is COCCO[C@@H]1CCN(C(=O)c2ccc(-n3cc(-c4cc5cc(F)ccc5[nH]c4=O)nn3)cc2)C1. The van der Waals surface area contributed by atoms with Crippen molar-refractivity contribution in [1.82, 2.24) is 24.9 Å². The molecular formula is C25H24FN5O4. The van der Waals surface area contributed by atoms with Gasteiger partial charge in [-0.2, -0.15) is 0 Å².